The summed E-state index contributed by atoms with van der Waals surface area (Å²) >= 11 is 0. The van der Waals surface area contributed by atoms with Crippen molar-refractivity contribution in [1.82, 2.24) is 10.2 Å². The second-order valence-electron chi connectivity index (χ2n) is 7.09. The maximum Gasteiger partial charge on any atom is 0.327 e. The van der Waals surface area contributed by atoms with E-state index in [1.165, 1.54) is 6.92 Å². The van der Waals surface area contributed by atoms with Gasteiger partial charge in [0, 0.05) is 11.1 Å². The van der Waals surface area contributed by atoms with Crippen LogP contribution in [0.2, 0.25) is 0 Å². The van der Waals surface area contributed by atoms with E-state index in [2.05, 4.69) is 10.6 Å². The third kappa shape index (κ3) is 3.80. The normalized spacial score (nSPS) is 16.6. The molecule has 0 aromatic heterocycles. The molecule has 1 unspecified atom stereocenters. The Hall–Kier alpha value is -3.42. The lowest BCUT2D eigenvalue weighted by Crippen LogP contribution is -2.42. The summed E-state index contributed by atoms with van der Waals surface area (Å²) in [5, 5.41) is 7.04. The van der Waals surface area contributed by atoms with E-state index in [1.54, 1.807) is 19.9 Å². The molecule has 0 spiro atoms. The van der Waals surface area contributed by atoms with Crippen LogP contribution in [-0.4, -0.2) is 46.9 Å². The molecule has 8 nitrogen and oxygen atoms in total. The summed E-state index contributed by atoms with van der Waals surface area (Å²) in [4.78, 5) is 49.2. The Morgan fingerprint density at radius 1 is 1.14 bits per heavy atom. The van der Waals surface area contributed by atoms with E-state index in [0.717, 1.165) is 15.7 Å². The molecular formula is C20H21N3O5. The lowest BCUT2D eigenvalue weighted by Gasteiger charge is -2.18. The Labute approximate surface area is 161 Å². The van der Waals surface area contributed by atoms with Crippen LogP contribution >= 0.6 is 0 Å². The summed E-state index contributed by atoms with van der Waals surface area (Å²) in [5.41, 5.74) is -0.476. The van der Waals surface area contributed by atoms with E-state index >= 15 is 0 Å². The topological polar surface area (TPSA) is 105 Å². The van der Waals surface area contributed by atoms with Gasteiger partial charge in [-0.25, -0.2) is 4.79 Å². The molecule has 0 aliphatic carbocycles. The van der Waals surface area contributed by atoms with Crippen molar-refractivity contribution < 1.29 is 23.9 Å². The van der Waals surface area contributed by atoms with Crippen LogP contribution in [0.15, 0.2) is 42.5 Å². The zero-order valence-electron chi connectivity index (χ0n) is 15.8. The maximum absolute atomic E-state index is 12.4. The number of urea groups is 1. The average molecular weight is 383 g/mol. The van der Waals surface area contributed by atoms with Crippen LogP contribution in [0.25, 0.3) is 10.8 Å². The first-order valence-corrected chi connectivity index (χ1v) is 8.81. The molecule has 2 N–H and O–H groups in total. The van der Waals surface area contributed by atoms with Crippen LogP contribution in [0.3, 0.4) is 0 Å². The number of ether oxygens (including phenoxy) is 1. The number of rotatable bonds is 5. The van der Waals surface area contributed by atoms with E-state index in [-0.39, 0.29) is 0 Å². The van der Waals surface area contributed by atoms with E-state index in [1.807, 2.05) is 36.4 Å². The molecule has 1 fully saturated rings. The van der Waals surface area contributed by atoms with Crippen molar-refractivity contribution in [3.8, 4) is 0 Å². The van der Waals surface area contributed by atoms with E-state index in [9.17, 15) is 19.2 Å². The van der Waals surface area contributed by atoms with Gasteiger partial charge in [-0.1, -0.05) is 36.4 Å². The zero-order valence-corrected chi connectivity index (χ0v) is 15.8. The van der Waals surface area contributed by atoms with Crippen molar-refractivity contribution in [2.45, 2.75) is 32.4 Å². The smallest absolute Gasteiger partial charge is 0.327 e. The number of hydrogen-bond donors (Lipinski definition) is 2. The Kier molecular flexibility index (Phi) is 5.04. The Bertz CT molecular complexity index is 964. The lowest BCUT2D eigenvalue weighted by atomic mass is 10.1. The molecule has 2 aromatic carbocycles. The summed E-state index contributed by atoms with van der Waals surface area (Å²) < 4.78 is 5.10. The minimum Gasteiger partial charge on any atom is -0.451 e. The summed E-state index contributed by atoms with van der Waals surface area (Å²) in [6.07, 6.45) is -1.10. The van der Waals surface area contributed by atoms with Crippen molar-refractivity contribution in [3.63, 3.8) is 0 Å². The summed E-state index contributed by atoms with van der Waals surface area (Å²) in [7, 11) is 0. The predicted octanol–water partition coefficient (Wildman–Crippen LogP) is 2.04. The number of benzene rings is 2. The first-order chi connectivity index (χ1) is 13.2. The first kappa shape index (κ1) is 19.3. The van der Waals surface area contributed by atoms with Gasteiger partial charge in [-0.05, 0) is 32.2 Å². The van der Waals surface area contributed by atoms with Crippen molar-refractivity contribution in [2.24, 2.45) is 0 Å². The molecule has 1 aliphatic heterocycles. The largest absolute Gasteiger partial charge is 0.451 e. The molecule has 1 aliphatic rings. The van der Waals surface area contributed by atoms with Crippen LogP contribution in [0.4, 0.5) is 10.5 Å². The van der Waals surface area contributed by atoms with Crippen LogP contribution in [0.1, 0.15) is 20.8 Å². The fraction of sp³-hybridized carbons (Fsp3) is 0.300. The van der Waals surface area contributed by atoms with Crippen molar-refractivity contribution in [2.75, 3.05) is 11.9 Å². The van der Waals surface area contributed by atoms with Crippen LogP contribution in [0, 0.1) is 0 Å². The van der Waals surface area contributed by atoms with Crippen LogP contribution in [-0.2, 0) is 19.1 Å². The molecule has 8 heteroatoms. The monoisotopic (exact) mass is 383 g/mol. The summed E-state index contributed by atoms with van der Waals surface area (Å²) in [6.45, 7) is 3.95. The highest BCUT2D eigenvalue weighted by molar-refractivity contribution is 6.08. The maximum atomic E-state index is 12.4. The quantitative estimate of drug-likeness (QED) is 0.607. The number of anilines is 1. The number of carbonyl (C=O) groups excluding carboxylic acids is 4. The fourth-order valence-corrected chi connectivity index (χ4v) is 2.95. The highest BCUT2D eigenvalue weighted by Crippen LogP contribution is 2.23. The number of nitrogens with zero attached hydrogens (tertiary/aromatic N) is 1. The zero-order chi connectivity index (χ0) is 20.5. The number of amides is 4. The van der Waals surface area contributed by atoms with E-state index < -0.39 is 42.0 Å². The molecule has 1 saturated heterocycles. The second kappa shape index (κ2) is 7.30. The molecule has 146 valence electrons. The first-order valence-electron chi connectivity index (χ1n) is 8.81. The summed E-state index contributed by atoms with van der Waals surface area (Å²) in [6, 6.07) is 12.4. The number of fused-ring (bicyclic) bond motifs is 1. The standard InChI is InChI=1S/C20H21N3O5/c1-12(28-16(24)11-23-18(26)20(2,3)22-19(23)27)17(25)21-15-10-6-8-13-7-4-5-9-14(13)15/h4-10,12H,11H2,1-3H3,(H,21,25)(H,22,27). The number of imide groups is 1. The number of esters is 1. The Balaban J connectivity index is 1.62. The molecule has 0 saturated carbocycles. The molecule has 3 rings (SSSR count). The van der Waals surface area contributed by atoms with Gasteiger partial charge in [0.1, 0.15) is 12.1 Å². The van der Waals surface area contributed by atoms with Gasteiger partial charge in [-0.3, -0.25) is 19.3 Å². The van der Waals surface area contributed by atoms with Gasteiger partial charge in [0.15, 0.2) is 6.10 Å². The molecule has 4 amide bonds. The van der Waals surface area contributed by atoms with Gasteiger partial charge in [0.25, 0.3) is 11.8 Å². The average Bonchev–Trinajstić information content (AvgIpc) is 2.83. The minimum atomic E-state index is -1.10. The number of hydrogen-bond acceptors (Lipinski definition) is 5. The molecule has 0 radical (unpaired) electrons. The van der Waals surface area contributed by atoms with Crippen LogP contribution in [0.5, 0.6) is 0 Å². The Morgan fingerprint density at radius 3 is 2.50 bits per heavy atom. The molecule has 1 atom stereocenters. The fourth-order valence-electron chi connectivity index (χ4n) is 2.95. The van der Waals surface area contributed by atoms with Gasteiger partial charge in [0.05, 0.1) is 0 Å². The second-order valence-corrected chi connectivity index (χ2v) is 7.09. The van der Waals surface area contributed by atoms with E-state index in [0.29, 0.717) is 5.69 Å². The van der Waals surface area contributed by atoms with Crippen molar-refractivity contribution >= 4 is 40.3 Å². The molecular weight excluding hydrogens is 362 g/mol. The van der Waals surface area contributed by atoms with Gasteiger partial charge in [-0.15, -0.1) is 0 Å². The molecule has 28 heavy (non-hydrogen) atoms. The minimum absolute atomic E-state index is 0.512. The molecule has 0 bridgehead atoms. The van der Waals surface area contributed by atoms with Gasteiger partial charge >= 0.3 is 12.0 Å². The highest BCUT2D eigenvalue weighted by atomic mass is 16.5. The van der Waals surface area contributed by atoms with Crippen molar-refractivity contribution in [3.05, 3.63) is 42.5 Å². The molecule has 1 heterocycles. The van der Waals surface area contributed by atoms with Gasteiger partial charge in [-0.2, -0.15) is 0 Å². The third-order valence-electron chi connectivity index (χ3n) is 4.46. The number of nitrogens with one attached hydrogen (secondary N) is 2. The van der Waals surface area contributed by atoms with Gasteiger partial charge in [0.2, 0.25) is 0 Å². The molecule has 2 aromatic rings. The van der Waals surface area contributed by atoms with Crippen molar-refractivity contribution in [1.29, 1.82) is 0 Å². The predicted molar refractivity (Wildman–Crippen MR) is 102 cm³/mol. The number of carbonyl (C=O) groups is 4. The van der Waals surface area contributed by atoms with E-state index in [4.69, 9.17) is 4.74 Å². The summed E-state index contributed by atoms with van der Waals surface area (Å²) in [5.74, 6) is -1.88. The van der Waals surface area contributed by atoms with Crippen LogP contribution < -0.4 is 10.6 Å². The third-order valence-corrected chi connectivity index (χ3v) is 4.46. The lowest BCUT2D eigenvalue weighted by molar-refractivity contribution is -0.155. The Morgan fingerprint density at radius 2 is 1.82 bits per heavy atom. The SMILES string of the molecule is CC(OC(=O)CN1C(=O)NC(C)(C)C1=O)C(=O)Nc1cccc2ccccc12. The highest BCUT2D eigenvalue weighted by Gasteiger charge is 2.45. The van der Waals surface area contributed by atoms with Gasteiger partial charge < -0.3 is 15.4 Å².